The highest BCUT2D eigenvalue weighted by Gasteiger charge is 2.28. The van der Waals surface area contributed by atoms with Gasteiger partial charge in [-0.05, 0) is 55.9 Å². The van der Waals surface area contributed by atoms with Gasteiger partial charge in [0.25, 0.3) is 0 Å². The number of aromatic nitrogens is 4. The van der Waals surface area contributed by atoms with Gasteiger partial charge in [0, 0.05) is 24.2 Å². The summed E-state index contributed by atoms with van der Waals surface area (Å²) >= 11 is 0. The summed E-state index contributed by atoms with van der Waals surface area (Å²) in [6.45, 7) is 0.206. The minimum atomic E-state index is -0.461. The van der Waals surface area contributed by atoms with E-state index in [4.69, 9.17) is 15.5 Å². The van der Waals surface area contributed by atoms with Crippen LogP contribution in [0.15, 0.2) is 54.9 Å². The fourth-order valence-corrected chi connectivity index (χ4v) is 4.41. The first-order chi connectivity index (χ1) is 15.6. The highest BCUT2D eigenvalue weighted by molar-refractivity contribution is 5.85. The SMILES string of the molecule is Nc1ncnn2c1c(-c1ccc(Oc3ccccc3)cc1F)nc2[C@H]1CC[C@H](CO)CC1. The third-order valence-corrected chi connectivity index (χ3v) is 6.13. The maximum atomic E-state index is 15.2. The maximum absolute atomic E-state index is 15.2. The van der Waals surface area contributed by atoms with E-state index in [1.807, 2.05) is 30.3 Å². The Hall–Kier alpha value is -3.52. The molecule has 1 aliphatic rings. The van der Waals surface area contributed by atoms with E-state index in [0.29, 0.717) is 34.2 Å². The number of para-hydroxylation sites is 1. The van der Waals surface area contributed by atoms with Crippen LogP contribution in [-0.2, 0) is 0 Å². The Morgan fingerprint density at radius 1 is 1.06 bits per heavy atom. The van der Waals surface area contributed by atoms with Crippen LogP contribution < -0.4 is 10.5 Å². The summed E-state index contributed by atoms with van der Waals surface area (Å²) in [5.74, 6) is 2.06. The lowest BCUT2D eigenvalue weighted by molar-refractivity contribution is 0.180. The molecule has 2 heterocycles. The summed E-state index contributed by atoms with van der Waals surface area (Å²) in [5.41, 5.74) is 7.41. The number of halogens is 1. The second kappa shape index (κ2) is 8.55. The number of nitrogens with zero attached hydrogens (tertiary/aromatic N) is 4. The fraction of sp³-hybridized carbons (Fsp3) is 0.292. The second-order valence-corrected chi connectivity index (χ2v) is 8.18. The van der Waals surface area contributed by atoms with Gasteiger partial charge in [-0.1, -0.05) is 18.2 Å². The zero-order valence-electron chi connectivity index (χ0n) is 17.5. The number of anilines is 1. The van der Waals surface area contributed by atoms with Crippen molar-refractivity contribution < 1.29 is 14.2 Å². The molecule has 8 heteroatoms. The summed E-state index contributed by atoms with van der Waals surface area (Å²) in [6.07, 6.45) is 5.02. The molecule has 0 amide bonds. The summed E-state index contributed by atoms with van der Waals surface area (Å²) in [4.78, 5) is 8.91. The molecule has 0 atom stereocenters. The van der Waals surface area contributed by atoms with Gasteiger partial charge in [0.15, 0.2) is 5.82 Å². The monoisotopic (exact) mass is 433 g/mol. The maximum Gasteiger partial charge on any atom is 0.153 e. The van der Waals surface area contributed by atoms with Crippen molar-refractivity contribution in [2.45, 2.75) is 31.6 Å². The molecule has 4 aromatic rings. The molecular formula is C24H24FN5O2. The van der Waals surface area contributed by atoms with Crippen molar-refractivity contribution in [1.29, 1.82) is 0 Å². The van der Waals surface area contributed by atoms with Crippen LogP contribution in [-0.4, -0.2) is 31.3 Å². The Morgan fingerprint density at radius 3 is 2.56 bits per heavy atom. The van der Waals surface area contributed by atoms with Crippen LogP contribution in [0.4, 0.5) is 10.2 Å². The molecule has 32 heavy (non-hydrogen) atoms. The van der Waals surface area contributed by atoms with Gasteiger partial charge in [0.2, 0.25) is 0 Å². The zero-order chi connectivity index (χ0) is 22.1. The minimum Gasteiger partial charge on any atom is -0.457 e. The number of fused-ring (bicyclic) bond motifs is 1. The molecule has 164 valence electrons. The van der Waals surface area contributed by atoms with E-state index in [0.717, 1.165) is 31.5 Å². The van der Waals surface area contributed by atoms with Gasteiger partial charge in [0.1, 0.15) is 40.7 Å². The van der Waals surface area contributed by atoms with Crippen LogP contribution in [0.5, 0.6) is 11.5 Å². The number of aliphatic hydroxyl groups is 1. The van der Waals surface area contributed by atoms with Crippen molar-refractivity contribution in [3.05, 3.63) is 66.5 Å². The predicted octanol–water partition coefficient (Wildman–Crippen LogP) is 4.57. The molecule has 0 saturated heterocycles. The smallest absolute Gasteiger partial charge is 0.153 e. The second-order valence-electron chi connectivity index (χ2n) is 8.18. The fourth-order valence-electron chi connectivity index (χ4n) is 4.41. The van der Waals surface area contributed by atoms with Crippen molar-refractivity contribution in [2.24, 2.45) is 5.92 Å². The van der Waals surface area contributed by atoms with Crippen LogP contribution in [0.1, 0.15) is 37.4 Å². The van der Waals surface area contributed by atoms with E-state index >= 15 is 4.39 Å². The first kappa shape index (κ1) is 20.4. The number of hydrogen-bond acceptors (Lipinski definition) is 6. The van der Waals surface area contributed by atoms with Crippen LogP contribution >= 0.6 is 0 Å². The quantitative estimate of drug-likeness (QED) is 0.478. The van der Waals surface area contributed by atoms with Gasteiger partial charge in [-0.15, -0.1) is 0 Å². The Kier molecular flexibility index (Phi) is 5.45. The van der Waals surface area contributed by atoms with Gasteiger partial charge in [-0.3, -0.25) is 0 Å². The van der Waals surface area contributed by atoms with E-state index in [-0.39, 0.29) is 18.3 Å². The normalized spacial score (nSPS) is 18.7. The van der Waals surface area contributed by atoms with E-state index in [1.54, 1.807) is 16.6 Å². The number of hydrogen-bond donors (Lipinski definition) is 2. The molecule has 3 N–H and O–H groups in total. The number of aliphatic hydroxyl groups excluding tert-OH is 1. The molecule has 0 spiro atoms. The van der Waals surface area contributed by atoms with Crippen LogP contribution in [0.2, 0.25) is 0 Å². The Morgan fingerprint density at radius 2 is 1.84 bits per heavy atom. The molecule has 0 bridgehead atoms. The largest absolute Gasteiger partial charge is 0.457 e. The molecule has 0 aliphatic heterocycles. The molecule has 1 aliphatic carbocycles. The summed E-state index contributed by atoms with van der Waals surface area (Å²) in [6, 6.07) is 13.9. The summed E-state index contributed by atoms with van der Waals surface area (Å²) in [7, 11) is 0. The highest BCUT2D eigenvalue weighted by Crippen LogP contribution is 2.39. The standard InChI is InChI=1S/C24H24FN5O2/c25-20-12-18(32-17-4-2-1-3-5-17)10-11-19(20)21-22-23(26)27-14-28-30(22)24(29-21)16-8-6-15(13-31)7-9-16/h1-5,10-12,14-16,31H,6-9,13H2,(H2,26,27,28)/t15-,16-. The lowest BCUT2D eigenvalue weighted by atomic mass is 9.82. The van der Waals surface area contributed by atoms with E-state index < -0.39 is 5.82 Å². The Labute approximate surface area is 184 Å². The Balaban J connectivity index is 1.53. The molecule has 2 aromatic heterocycles. The van der Waals surface area contributed by atoms with E-state index in [9.17, 15) is 5.11 Å². The molecule has 0 radical (unpaired) electrons. The number of nitrogen functional groups attached to an aromatic ring is 1. The molecule has 7 nitrogen and oxygen atoms in total. The molecule has 0 unspecified atom stereocenters. The van der Waals surface area contributed by atoms with Crippen molar-refractivity contribution in [2.75, 3.05) is 12.3 Å². The van der Waals surface area contributed by atoms with Gasteiger partial charge in [0.05, 0.1) is 0 Å². The third kappa shape index (κ3) is 3.78. The number of benzene rings is 2. The molecule has 2 aromatic carbocycles. The van der Waals surface area contributed by atoms with Crippen molar-refractivity contribution >= 4 is 11.3 Å². The van der Waals surface area contributed by atoms with Crippen LogP contribution in [0, 0.1) is 11.7 Å². The van der Waals surface area contributed by atoms with Gasteiger partial charge in [-0.2, -0.15) is 5.10 Å². The van der Waals surface area contributed by atoms with Crippen molar-refractivity contribution in [3.63, 3.8) is 0 Å². The molecular weight excluding hydrogens is 409 g/mol. The predicted molar refractivity (Wildman–Crippen MR) is 119 cm³/mol. The minimum absolute atomic E-state index is 0.164. The number of ether oxygens (including phenoxy) is 1. The van der Waals surface area contributed by atoms with E-state index in [1.165, 1.54) is 12.4 Å². The summed E-state index contributed by atoms with van der Waals surface area (Å²) < 4.78 is 22.6. The first-order valence-corrected chi connectivity index (χ1v) is 10.8. The van der Waals surface area contributed by atoms with Gasteiger partial charge in [-0.25, -0.2) is 18.9 Å². The Bertz CT molecular complexity index is 1240. The van der Waals surface area contributed by atoms with Crippen LogP contribution in [0.25, 0.3) is 16.8 Å². The van der Waals surface area contributed by atoms with Crippen LogP contribution in [0.3, 0.4) is 0 Å². The highest BCUT2D eigenvalue weighted by atomic mass is 19.1. The average Bonchev–Trinajstić information content (AvgIpc) is 3.21. The number of nitrogens with two attached hydrogens (primary N) is 1. The van der Waals surface area contributed by atoms with Gasteiger partial charge >= 0.3 is 0 Å². The number of rotatable bonds is 5. The third-order valence-electron chi connectivity index (χ3n) is 6.13. The summed E-state index contributed by atoms with van der Waals surface area (Å²) in [5, 5.41) is 13.8. The van der Waals surface area contributed by atoms with Crippen molar-refractivity contribution in [1.82, 2.24) is 19.6 Å². The molecule has 1 saturated carbocycles. The molecule has 1 fully saturated rings. The average molecular weight is 433 g/mol. The van der Waals surface area contributed by atoms with E-state index in [2.05, 4.69) is 10.1 Å². The zero-order valence-corrected chi connectivity index (χ0v) is 17.5. The van der Waals surface area contributed by atoms with Crippen molar-refractivity contribution in [3.8, 4) is 22.8 Å². The van der Waals surface area contributed by atoms with Gasteiger partial charge < -0.3 is 15.6 Å². The topological polar surface area (TPSA) is 98.6 Å². The first-order valence-electron chi connectivity index (χ1n) is 10.8. The number of imidazole rings is 1. The lowest BCUT2D eigenvalue weighted by Gasteiger charge is -2.26. The molecule has 5 rings (SSSR count). The lowest BCUT2D eigenvalue weighted by Crippen LogP contribution is -2.18.